The molecule has 1 aliphatic heterocycles. The molecule has 0 saturated carbocycles. The van der Waals surface area contributed by atoms with Crippen LogP contribution in [-0.2, 0) is 17.9 Å². The lowest BCUT2D eigenvalue weighted by Crippen LogP contribution is -2.42. The number of phenolic OH excluding ortho intramolecular Hbond substituents is 1. The second-order valence-corrected chi connectivity index (χ2v) is 6.68. The number of aromatic hydroxyl groups is 1. The van der Waals surface area contributed by atoms with E-state index in [1.807, 2.05) is 18.2 Å². The highest BCUT2D eigenvalue weighted by atomic mass is 16.5. The quantitative estimate of drug-likeness (QED) is 0.784. The fourth-order valence-corrected chi connectivity index (χ4v) is 3.49. The Balaban J connectivity index is 1.63. The molecule has 0 spiro atoms. The van der Waals surface area contributed by atoms with Crippen LogP contribution < -0.4 is 14.8 Å². The van der Waals surface area contributed by atoms with E-state index in [4.69, 9.17) is 9.47 Å². The van der Waals surface area contributed by atoms with Crippen LogP contribution in [0.25, 0.3) is 0 Å². The van der Waals surface area contributed by atoms with Crippen molar-refractivity contribution >= 4 is 5.91 Å². The van der Waals surface area contributed by atoms with Crippen molar-refractivity contribution in [2.75, 3.05) is 20.8 Å². The fourth-order valence-electron chi connectivity index (χ4n) is 3.49. The first-order valence-corrected chi connectivity index (χ1v) is 9.12. The van der Waals surface area contributed by atoms with E-state index in [1.54, 1.807) is 12.1 Å². The Kier molecular flexibility index (Phi) is 6.19. The summed E-state index contributed by atoms with van der Waals surface area (Å²) < 4.78 is 10.3. The molecule has 144 valence electrons. The fraction of sp³-hybridized carbons (Fsp3) is 0.381. The molecule has 2 aromatic rings. The molecule has 0 radical (unpaired) electrons. The molecular weight excluding hydrogens is 344 g/mol. The van der Waals surface area contributed by atoms with E-state index >= 15 is 0 Å². The maximum absolute atomic E-state index is 12.7. The second-order valence-electron chi connectivity index (χ2n) is 6.68. The standard InChI is InChI=1S/C21H26N2O4/c1-26-18-11-16(12-19(27-2)20(18)24)13-22-21(25)17-9-6-10-23(17)14-15-7-4-3-5-8-15/h3-5,7-8,11-12,17,24H,6,9-10,13-14H2,1-2H3,(H,22,25). The number of hydrogen-bond donors (Lipinski definition) is 2. The number of hydrogen-bond acceptors (Lipinski definition) is 5. The third-order valence-corrected chi connectivity index (χ3v) is 4.90. The molecule has 1 amide bonds. The average molecular weight is 370 g/mol. The number of carbonyl (C=O) groups is 1. The van der Waals surface area contributed by atoms with Gasteiger partial charge in [0.1, 0.15) is 0 Å². The van der Waals surface area contributed by atoms with Crippen LogP contribution in [0.1, 0.15) is 24.0 Å². The van der Waals surface area contributed by atoms with Crippen LogP contribution in [0.15, 0.2) is 42.5 Å². The maximum atomic E-state index is 12.7. The lowest BCUT2D eigenvalue weighted by molar-refractivity contribution is -0.125. The van der Waals surface area contributed by atoms with Crippen LogP contribution in [0.2, 0.25) is 0 Å². The number of methoxy groups -OCH3 is 2. The molecule has 6 heteroatoms. The van der Waals surface area contributed by atoms with Gasteiger partial charge in [-0.1, -0.05) is 30.3 Å². The van der Waals surface area contributed by atoms with E-state index in [0.717, 1.165) is 31.5 Å². The van der Waals surface area contributed by atoms with Crippen molar-refractivity contribution in [1.82, 2.24) is 10.2 Å². The molecule has 2 aromatic carbocycles. The molecule has 1 unspecified atom stereocenters. The molecule has 1 heterocycles. The number of amides is 1. The monoisotopic (exact) mass is 370 g/mol. The zero-order valence-corrected chi connectivity index (χ0v) is 15.8. The van der Waals surface area contributed by atoms with Crippen LogP contribution in [0.4, 0.5) is 0 Å². The SMILES string of the molecule is COc1cc(CNC(=O)C2CCCN2Cc2ccccc2)cc(OC)c1O. The van der Waals surface area contributed by atoms with Crippen molar-refractivity contribution in [2.45, 2.75) is 32.0 Å². The van der Waals surface area contributed by atoms with Crippen LogP contribution in [0, 0.1) is 0 Å². The Bertz CT molecular complexity index is 754. The van der Waals surface area contributed by atoms with Crippen LogP contribution in [-0.4, -0.2) is 42.7 Å². The van der Waals surface area contributed by atoms with Gasteiger partial charge in [0.25, 0.3) is 0 Å². The summed E-state index contributed by atoms with van der Waals surface area (Å²) in [5.41, 5.74) is 2.02. The number of nitrogens with one attached hydrogen (secondary N) is 1. The number of phenols is 1. The minimum atomic E-state index is -0.119. The zero-order valence-electron chi connectivity index (χ0n) is 15.8. The molecule has 2 N–H and O–H groups in total. The summed E-state index contributed by atoms with van der Waals surface area (Å²) >= 11 is 0. The number of nitrogens with zero attached hydrogens (tertiary/aromatic N) is 1. The normalized spacial score (nSPS) is 16.9. The molecular formula is C21H26N2O4. The predicted octanol–water partition coefficient (Wildman–Crippen LogP) is 2.69. The predicted molar refractivity (Wildman–Crippen MR) is 103 cm³/mol. The van der Waals surface area contributed by atoms with Gasteiger partial charge >= 0.3 is 0 Å². The lowest BCUT2D eigenvalue weighted by Gasteiger charge is -2.24. The topological polar surface area (TPSA) is 71.0 Å². The largest absolute Gasteiger partial charge is 0.502 e. The second kappa shape index (κ2) is 8.77. The Morgan fingerprint density at radius 3 is 2.44 bits per heavy atom. The lowest BCUT2D eigenvalue weighted by atomic mass is 10.1. The number of carbonyl (C=O) groups excluding carboxylic acids is 1. The van der Waals surface area contributed by atoms with Gasteiger partial charge in [0.05, 0.1) is 20.3 Å². The molecule has 6 nitrogen and oxygen atoms in total. The van der Waals surface area contributed by atoms with Crippen LogP contribution in [0.5, 0.6) is 17.2 Å². The Hall–Kier alpha value is -2.73. The first kappa shape index (κ1) is 19.0. The molecule has 1 atom stereocenters. The van der Waals surface area contributed by atoms with Gasteiger partial charge < -0.3 is 19.9 Å². The highest BCUT2D eigenvalue weighted by Gasteiger charge is 2.30. The molecule has 1 aliphatic rings. The van der Waals surface area contributed by atoms with Crippen molar-refractivity contribution in [3.05, 3.63) is 53.6 Å². The maximum Gasteiger partial charge on any atom is 0.237 e. The molecule has 3 rings (SSSR count). The Morgan fingerprint density at radius 1 is 1.15 bits per heavy atom. The first-order valence-electron chi connectivity index (χ1n) is 9.12. The van der Waals surface area contributed by atoms with Crippen molar-refractivity contribution in [1.29, 1.82) is 0 Å². The van der Waals surface area contributed by atoms with Crippen molar-refractivity contribution < 1.29 is 19.4 Å². The van der Waals surface area contributed by atoms with E-state index < -0.39 is 0 Å². The zero-order chi connectivity index (χ0) is 19.2. The summed E-state index contributed by atoms with van der Waals surface area (Å²) in [6, 6.07) is 13.5. The van der Waals surface area contributed by atoms with Gasteiger partial charge in [-0.2, -0.15) is 0 Å². The van der Waals surface area contributed by atoms with Gasteiger partial charge in [0, 0.05) is 13.1 Å². The molecule has 1 fully saturated rings. The summed E-state index contributed by atoms with van der Waals surface area (Å²) in [6.07, 6.45) is 1.88. The van der Waals surface area contributed by atoms with E-state index in [2.05, 4.69) is 22.3 Å². The van der Waals surface area contributed by atoms with Crippen molar-refractivity contribution in [3.8, 4) is 17.2 Å². The smallest absolute Gasteiger partial charge is 0.237 e. The third-order valence-electron chi connectivity index (χ3n) is 4.90. The molecule has 0 aliphatic carbocycles. The van der Waals surface area contributed by atoms with Crippen LogP contribution >= 0.6 is 0 Å². The number of rotatable bonds is 7. The summed E-state index contributed by atoms with van der Waals surface area (Å²) in [5.74, 6) is 0.629. The van der Waals surface area contributed by atoms with Gasteiger partial charge in [0.15, 0.2) is 11.5 Å². The van der Waals surface area contributed by atoms with E-state index in [9.17, 15) is 9.90 Å². The van der Waals surface area contributed by atoms with E-state index in [-0.39, 0.29) is 17.7 Å². The number of likely N-dealkylation sites (tertiary alicyclic amines) is 1. The minimum Gasteiger partial charge on any atom is -0.502 e. The van der Waals surface area contributed by atoms with Gasteiger partial charge in [-0.25, -0.2) is 0 Å². The number of ether oxygens (including phenoxy) is 2. The number of benzene rings is 2. The Labute approximate surface area is 159 Å². The summed E-state index contributed by atoms with van der Waals surface area (Å²) in [5, 5.41) is 13.0. The minimum absolute atomic E-state index is 0.0226. The first-order chi connectivity index (χ1) is 13.1. The Morgan fingerprint density at radius 2 is 1.81 bits per heavy atom. The molecule has 27 heavy (non-hydrogen) atoms. The van der Waals surface area contributed by atoms with E-state index in [0.29, 0.717) is 18.0 Å². The van der Waals surface area contributed by atoms with Crippen molar-refractivity contribution in [3.63, 3.8) is 0 Å². The van der Waals surface area contributed by atoms with E-state index in [1.165, 1.54) is 19.8 Å². The summed E-state index contributed by atoms with van der Waals surface area (Å²) in [7, 11) is 2.97. The van der Waals surface area contributed by atoms with Gasteiger partial charge in [-0.05, 0) is 42.6 Å². The average Bonchev–Trinajstić information content (AvgIpc) is 3.15. The summed E-state index contributed by atoms with van der Waals surface area (Å²) in [6.45, 7) is 2.05. The van der Waals surface area contributed by atoms with Crippen molar-refractivity contribution in [2.24, 2.45) is 0 Å². The highest BCUT2D eigenvalue weighted by Crippen LogP contribution is 2.37. The summed E-state index contributed by atoms with van der Waals surface area (Å²) in [4.78, 5) is 15.0. The van der Waals surface area contributed by atoms with Gasteiger partial charge in [-0.15, -0.1) is 0 Å². The third kappa shape index (κ3) is 4.52. The molecule has 1 saturated heterocycles. The highest BCUT2D eigenvalue weighted by molar-refractivity contribution is 5.82. The van der Waals surface area contributed by atoms with Gasteiger partial charge in [-0.3, -0.25) is 9.69 Å². The molecule has 0 bridgehead atoms. The van der Waals surface area contributed by atoms with Crippen LogP contribution in [0.3, 0.4) is 0 Å². The van der Waals surface area contributed by atoms with Gasteiger partial charge in [0.2, 0.25) is 11.7 Å². The molecule has 0 aromatic heterocycles.